The van der Waals surface area contributed by atoms with Gasteiger partial charge in [-0.1, -0.05) is 42.5 Å². The second-order valence-electron chi connectivity index (χ2n) is 4.23. The molecule has 0 radical (unpaired) electrons. The number of hydrogen-bond donors (Lipinski definition) is 0. The predicted molar refractivity (Wildman–Crippen MR) is 81.8 cm³/mol. The van der Waals surface area contributed by atoms with E-state index in [-0.39, 0.29) is 5.82 Å². The van der Waals surface area contributed by atoms with Crippen molar-refractivity contribution in [1.29, 1.82) is 0 Å². The highest BCUT2D eigenvalue weighted by molar-refractivity contribution is 9.10. The Hall–Kier alpha value is -1.61. The third-order valence-electron chi connectivity index (χ3n) is 2.84. The molecule has 0 spiro atoms. The molecule has 2 aromatic rings. The van der Waals surface area contributed by atoms with Gasteiger partial charge in [-0.05, 0) is 33.6 Å². The molecule has 0 atom stereocenters. The first-order valence-electron chi connectivity index (χ1n) is 6.06. The quantitative estimate of drug-likeness (QED) is 0.717. The summed E-state index contributed by atoms with van der Waals surface area (Å²) in [5.41, 5.74) is 2.02. The first-order valence-corrected chi connectivity index (χ1v) is 6.85. The van der Waals surface area contributed by atoms with Crippen LogP contribution in [0.5, 0.6) is 0 Å². The fourth-order valence-electron chi connectivity index (χ4n) is 1.94. The monoisotopic (exact) mass is 319 g/mol. The normalized spacial score (nSPS) is 10.2. The fourth-order valence-corrected chi connectivity index (χ4v) is 2.46. The zero-order chi connectivity index (χ0) is 13.7. The molecule has 0 aliphatic rings. The van der Waals surface area contributed by atoms with E-state index in [1.165, 1.54) is 11.6 Å². The van der Waals surface area contributed by atoms with Gasteiger partial charge in [0.2, 0.25) is 0 Å². The Morgan fingerprint density at radius 2 is 1.84 bits per heavy atom. The summed E-state index contributed by atoms with van der Waals surface area (Å²) in [5.74, 6) is -0.250. The molecule has 0 fully saturated rings. The molecule has 0 heterocycles. The van der Waals surface area contributed by atoms with Gasteiger partial charge in [0.1, 0.15) is 5.82 Å². The van der Waals surface area contributed by atoms with Crippen LogP contribution in [-0.2, 0) is 6.54 Å². The summed E-state index contributed by atoms with van der Waals surface area (Å²) in [5, 5.41) is 0. The third-order valence-corrected chi connectivity index (χ3v) is 3.62. The van der Waals surface area contributed by atoms with E-state index in [0.717, 1.165) is 12.2 Å². The highest BCUT2D eigenvalue weighted by atomic mass is 79.9. The van der Waals surface area contributed by atoms with Crippen LogP contribution in [0.1, 0.15) is 5.56 Å². The zero-order valence-electron chi connectivity index (χ0n) is 10.5. The SMILES string of the molecule is C=CCN(Cc1ccccc1)c1cccc(F)c1Br. The van der Waals surface area contributed by atoms with E-state index in [4.69, 9.17) is 0 Å². The molecular weight excluding hydrogens is 305 g/mol. The molecular formula is C16H15BrFN. The van der Waals surface area contributed by atoms with Gasteiger partial charge in [-0.3, -0.25) is 0 Å². The molecule has 0 bridgehead atoms. The molecule has 0 aromatic heterocycles. The Morgan fingerprint density at radius 3 is 2.53 bits per heavy atom. The fraction of sp³-hybridized carbons (Fsp3) is 0.125. The van der Waals surface area contributed by atoms with Gasteiger partial charge in [-0.25, -0.2) is 4.39 Å². The van der Waals surface area contributed by atoms with Crippen LogP contribution in [0.25, 0.3) is 0 Å². The lowest BCUT2D eigenvalue weighted by Crippen LogP contribution is -2.23. The maximum absolute atomic E-state index is 13.6. The van der Waals surface area contributed by atoms with Crippen molar-refractivity contribution in [3.05, 3.63) is 77.0 Å². The summed E-state index contributed by atoms with van der Waals surface area (Å²) < 4.78 is 14.1. The molecule has 2 rings (SSSR count). The average Bonchev–Trinajstić information content (AvgIpc) is 2.43. The number of benzene rings is 2. The van der Waals surface area contributed by atoms with E-state index in [1.807, 2.05) is 30.3 Å². The molecule has 98 valence electrons. The topological polar surface area (TPSA) is 3.24 Å². The van der Waals surface area contributed by atoms with Crippen molar-refractivity contribution in [3.63, 3.8) is 0 Å². The van der Waals surface area contributed by atoms with E-state index in [2.05, 4.69) is 39.5 Å². The lowest BCUT2D eigenvalue weighted by molar-refractivity contribution is 0.620. The van der Waals surface area contributed by atoms with Gasteiger partial charge in [0.25, 0.3) is 0 Å². The first-order chi connectivity index (χ1) is 9.22. The molecule has 0 aliphatic heterocycles. The van der Waals surface area contributed by atoms with Crippen molar-refractivity contribution >= 4 is 21.6 Å². The van der Waals surface area contributed by atoms with Crippen molar-refractivity contribution in [2.45, 2.75) is 6.54 Å². The Morgan fingerprint density at radius 1 is 1.11 bits per heavy atom. The minimum atomic E-state index is -0.250. The van der Waals surface area contributed by atoms with Gasteiger partial charge in [0, 0.05) is 13.1 Å². The maximum atomic E-state index is 13.6. The molecule has 1 nitrogen and oxygen atoms in total. The molecule has 0 aliphatic carbocycles. The lowest BCUT2D eigenvalue weighted by atomic mass is 10.2. The van der Waals surface area contributed by atoms with Gasteiger partial charge >= 0.3 is 0 Å². The van der Waals surface area contributed by atoms with Crippen LogP contribution in [0.4, 0.5) is 10.1 Å². The van der Waals surface area contributed by atoms with Crippen LogP contribution in [0.2, 0.25) is 0 Å². The lowest BCUT2D eigenvalue weighted by Gasteiger charge is -2.24. The third kappa shape index (κ3) is 3.44. The maximum Gasteiger partial charge on any atom is 0.139 e. The van der Waals surface area contributed by atoms with Crippen molar-refractivity contribution in [1.82, 2.24) is 0 Å². The molecule has 0 saturated heterocycles. The molecule has 0 unspecified atom stereocenters. The smallest absolute Gasteiger partial charge is 0.139 e. The average molecular weight is 320 g/mol. The Kier molecular flexibility index (Phi) is 4.74. The predicted octanol–water partition coefficient (Wildman–Crippen LogP) is 4.78. The van der Waals surface area contributed by atoms with Crippen molar-refractivity contribution < 1.29 is 4.39 Å². The van der Waals surface area contributed by atoms with Crippen LogP contribution in [0.15, 0.2) is 65.7 Å². The van der Waals surface area contributed by atoms with E-state index in [9.17, 15) is 4.39 Å². The molecule has 19 heavy (non-hydrogen) atoms. The van der Waals surface area contributed by atoms with E-state index < -0.39 is 0 Å². The number of halogens is 2. The van der Waals surface area contributed by atoms with Gasteiger partial charge in [-0.2, -0.15) is 0 Å². The number of anilines is 1. The molecule has 2 aromatic carbocycles. The Balaban J connectivity index is 2.29. The summed E-state index contributed by atoms with van der Waals surface area (Å²) in [6.07, 6.45) is 1.82. The van der Waals surface area contributed by atoms with Gasteiger partial charge in [-0.15, -0.1) is 6.58 Å². The van der Waals surface area contributed by atoms with Crippen molar-refractivity contribution in [2.24, 2.45) is 0 Å². The molecule has 0 N–H and O–H groups in total. The van der Waals surface area contributed by atoms with E-state index in [0.29, 0.717) is 11.0 Å². The van der Waals surface area contributed by atoms with Crippen LogP contribution in [-0.4, -0.2) is 6.54 Å². The second kappa shape index (κ2) is 6.53. The van der Waals surface area contributed by atoms with Crippen LogP contribution in [0, 0.1) is 5.82 Å². The van der Waals surface area contributed by atoms with Gasteiger partial charge < -0.3 is 4.90 Å². The standard InChI is InChI=1S/C16H15BrFN/c1-2-11-19(12-13-7-4-3-5-8-13)15-10-6-9-14(18)16(15)17/h2-10H,1,11-12H2. The molecule has 0 amide bonds. The van der Waals surface area contributed by atoms with Crippen molar-refractivity contribution in [3.8, 4) is 0 Å². The summed E-state index contributed by atoms with van der Waals surface area (Å²) in [6, 6.07) is 15.2. The summed E-state index contributed by atoms with van der Waals surface area (Å²) in [6.45, 7) is 5.15. The number of nitrogens with zero attached hydrogens (tertiary/aromatic N) is 1. The van der Waals surface area contributed by atoms with Crippen molar-refractivity contribution in [2.75, 3.05) is 11.4 Å². The minimum Gasteiger partial charge on any atom is -0.362 e. The number of rotatable bonds is 5. The highest BCUT2D eigenvalue weighted by Gasteiger charge is 2.12. The molecule has 3 heteroatoms. The van der Waals surface area contributed by atoms with Gasteiger partial charge in [0.15, 0.2) is 0 Å². The first kappa shape index (κ1) is 13.8. The summed E-state index contributed by atoms with van der Waals surface area (Å²) in [4.78, 5) is 2.08. The van der Waals surface area contributed by atoms with Crippen LogP contribution >= 0.6 is 15.9 Å². The second-order valence-corrected chi connectivity index (χ2v) is 5.02. The molecule has 0 saturated carbocycles. The Bertz CT molecular complexity index is 554. The van der Waals surface area contributed by atoms with Crippen LogP contribution in [0.3, 0.4) is 0 Å². The minimum absolute atomic E-state index is 0.250. The van der Waals surface area contributed by atoms with E-state index >= 15 is 0 Å². The summed E-state index contributed by atoms with van der Waals surface area (Å²) in [7, 11) is 0. The highest BCUT2D eigenvalue weighted by Crippen LogP contribution is 2.29. The van der Waals surface area contributed by atoms with Crippen LogP contribution < -0.4 is 4.90 Å². The van der Waals surface area contributed by atoms with Gasteiger partial charge in [0.05, 0.1) is 10.2 Å². The zero-order valence-corrected chi connectivity index (χ0v) is 12.1. The number of hydrogen-bond acceptors (Lipinski definition) is 1. The largest absolute Gasteiger partial charge is 0.362 e. The Labute approximate surface area is 121 Å². The summed E-state index contributed by atoms with van der Waals surface area (Å²) >= 11 is 3.31. The van der Waals surface area contributed by atoms with E-state index in [1.54, 1.807) is 6.07 Å².